The van der Waals surface area contributed by atoms with Crippen LogP contribution in [0.3, 0.4) is 0 Å². The molecule has 0 spiro atoms. The van der Waals surface area contributed by atoms with Crippen LogP contribution in [0.1, 0.15) is 0 Å². The van der Waals surface area contributed by atoms with E-state index in [0.29, 0.717) is 58.9 Å². The fourth-order valence-electron chi connectivity index (χ4n) is 4.79. The number of fused-ring (bicyclic) bond motifs is 1. The number of aliphatic hydroxyl groups is 1. The van der Waals surface area contributed by atoms with Crippen LogP contribution in [0, 0.1) is 5.82 Å². The van der Waals surface area contributed by atoms with Gasteiger partial charge in [-0.25, -0.2) is 14.4 Å². The average molecular weight is 544 g/mol. The maximum Gasteiger partial charge on any atom is 0.251 e. The van der Waals surface area contributed by atoms with E-state index < -0.39 is 0 Å². The Balaban J connectivity index is 1.43. The van der Waals surface area contributed by atoms with Crippen molar-refractivity contribution in [2.24, 2.45) is 7.05 Å². The number of rotatable bonds is 8. The Hall–Kier alpha value is -4.61. The lowest BCUT2D eigenvalue weighted by molar-refractivity contribution is -0.111. The van der Waals surface area contributed by atoms with E-state index in [1.54, 1.807) is 43.6 Å². The summed E-state index contributed by atoms with van der Waals surface area (Å²) in [6.07, 6.45) is 2.73. The number of benzene rings is 2. The van der Waals surface area contributed by atoms with Crippen LogP contribution in [0.2, 0.25) is 0 Å². The summed E-state index contributed by atoms with van der Waals surface area (Å²) >= 11 is 0. The van der Waals surface area contributed by atoms with E-state index in [1.807, 2.05) is 11.0 Å². The minimum atomic E-state index is -0.358. The Kier molecular flexibility index (Phi) is 7.85. The molecule has 0 atom stereocenters. The molecular formula is C29H30FN7O3. The van der Waals surface area contributed by atoms with Gasteiger partial charge in [0.05, 0.1) is 24.0 Å². The molecule has 0 saturated carbocycles. The molecule has 3 N–H and O–H groups in total. The van der Waals surface area contributed by atoms with Crippen LogP contribution in [-0.4, -0.2) is 69.8 Å². The first-order valence-electron chi connectivity index (χ1n) is 12.9. The van der Waals surface area contributed by atoms with E-state index >= 15 is 4.39 Å². The van der Waals surface area contributed by atoms with Crippen molar-refractivity contribution in [2.45, 2.75) is 0 Å². The highest BCUT2D eigenvalue weighted by atomic mass is 19.1. The molecule has 2 aromatic carbocycles. The number of aliphatic hydroxyl groups excluding tert-OH is 1. The smallest absolute Gasteiger partial charge is 0.251 e. The quantitative estimate of drug-likeness (QED) is 0.291. The average Bonchev–Trinajstić information content (AvgIpc) is 2.96. The highest BCUT2D eigenvalue weighted by molar-refractivity contribution is 6.00. The lowest BCUT2D eigenvalue weighted by Gasteiger charge is -2.36. The number of β-amino-alcohol motifs (C(OH)–C–C–N with tert-alkyl or cyclic N) is 1. The van der Waals surface area contributed by atoms with E-state index in [2.05, 4.69) is 32.1 Å². The van der Waals surface area contributed by atoms with Gasteiger partial charge in [0.15, 0.2) is 0 Å². The van der Waals surface area contributed by atoms with Gasteiger partial charge >= 0.3 is 0 Å². The fraction of sp³-hybridized carbons (Fsp3) is 0.241. The molecule has 206 valence electrons. The number of nitrogens with one attached hydrogen (secondary N) is 2. The molecule has 1 aliphatic heterocycles. The summed E-state index contributed by atoms with van der Waals surface area (Å²) in [5.74, 6) is -0.460. The molecule has 2 aromatic heterocycles. The van der Waals surface area contributed by atoms with Crippen molar-refractivity contribution >= 4 is 40.0 Å². The normalized spacial score (nSPS) is 13.8. The number of piperazine rings is 1. The molecule has 1 amide bonds. The number of pyridine rings is 1. The van der Waals surface area contributed by atoms with Crippen LogP contribution in [0.25, 0.3) is 22.2 Å². The Morgan fingerprint density at radius 2 is 1.93 bits per heavy atom. The Labute approximate surface area is 230 Å². The van der Waals surface area contributed by atoms with E-state index in [4.69, 9.17) is 5.11 Å². The number of anilines is 4. The van der Waals surface area contributed by atoms with Gasteiger partial charge < -0.3 is 25.2 Å². The second-order valence-electron chi connectivity index (χ2n) is 9.50. The SMILES string of the molecule is C=CC(=O)Nc1cccc(-c2cc(=O)n(C)c3cnc(Nc4ccc(N5CCN(CCO)CC5)c(F)c4)nc23)c1. The molecule has 0 radical (unpaired) electrons. The van der Waals surface area contributed by atoms with Gasteiger partial charge in [-0.05, 0) is 42.0 Å². The number of nitrogens with zero attached hydrogens (tertiary/aromatic N) is 5. The predicted octanol–water partition coefficient (Wildman–Crippen LogP) is 3.12. The fourth-order valence-corrected chi connectivity index (χ4v) is 4.79. The van der Waals surface area contributed by atoms with Crippen LogP contribution in [0.5, 0.6) is 0 Å². The zero-order chi connectivity index (χ0) is 28.2. The van der Waals surface area contributed by atoms with Crippen molar-refractivity contribution in [3.8, 4) is 11.1 Å². The summed E-state index contributed by atoms with van der Waals surface area (Å²) in [6.45, 7) is 7.09. The third-order valence-electron chi connectivity index (χ3n) is 6.94. The van der Waals surface area contributed by atoms with Gasteiger partial charge in [-0.3, -0.25) is 14.5 Å². The molecule has 4 aromatic rings. The molecule has 10 nitrogen and oxygen atoms in total. The highest BCUT2D eigenvalue weighted by Crippen LogP contribution is 2.29. The first-order chi connectivity index (χ1) is 19.4. The van der Waals surface area contributed by atoms with Crippen molar-refractivity contribution < 1.29 is 14.3 Å². The molecule has 1 saturated heterocycles. The van der Waals surface area contributed by atoms with Crippen molar-refractivity contribution in [1.82, 2.24) is 19.4 Å². The Morgan fingerprint density at radius 3 is 2.65 bits per heavy atom. The van der Waals surface area contributed by atoms with Gasteiger partial charge in [-0.2, -0.15) is 0 Å². The number of aromatic nitrogens is 3. The third kappa shape index (κ3) is 5.70. The molecule has 0 aliphatic carbocycles. The Bertz CT molecular complexity index is 1630. The number of carbonyl (C=O) groups excluding carboxylic acids is 1. The van der Waals surface area contributed by atoms with Crippen molar-refractivity contribution in [3.05, 3.63) is 83.6 Å². The molecule has 1 aliphatic rings. The molecular weight excluding hydrogens is 513 g/mol. The van der Waals surface area contributed by atoms with Crippen molar-refractivity contribution in [1.29, 1.82) is 0 Å². The summed E-state index contributed by atoms with van der Waals surface area (Å²) in [4.78, 5) is 37.7. The van der Waals surface area contributed by atoms with E-state index in [-0.39, 0.29) is 29.8 Å². The molecule has 11 heteroatoms. The van der Waals surface area contributed by atoms with Crippen LogP contribution >= 0.6 is 0 Å². The van der Waals surface area contributed by atoms with Gasteiger partial charge in [0.2, 0.25) is 11.9 Å². The number of halogens is 1. The Morgan fingerprint density at radius 1 is 1.12 bits per heavy atom. The zero-order valence-electron chi connectivity index (χ0n) is 22.1. The number of carbonyl (C=O) groups is 1. The van der Waals surface area contributed by atoms with Gasteiger partial charge in [0.25, 0.3) is 5.56 Å². The van der Waals surface area contributed by atoms with Crippen LogP contribution in [0.15, 0.2) is 72.2 Å². The predicted molar refractivity (Wildman–Crippen MR) is 154 cm³/mol. The topological polar surface area (TPSA) is 116 Å². The highest BCUT2D eigenvalue weighted by Gasteiger charge is 2.20. The second kappa shape index (κ2) is 11.6. The number of amides is 1. The standard InChI is InChI=1S/C29H30FN7O3/c1-3-26(39)32-20-6-4-5-19(15-20)22-17-27(40)35(2)25-18-31-29(34-28(22)25)33-21-7-8-24(23(30)16-21)37-11-9-36(10-12-37)13-14-38/h3-8,15-18,38H,1,9-14H2,2H3,(H,32,39)(H,31,33,34). The number of hydrogen-bond donors (Lipinski definition) is 3. The summed E-state index contributed by atoms with van der Waals surface area (Å²) in [5.41, 5.74) is 3.62. The second-order valence-corrected chi connectivity index (χ2v) is 9.50. The third-order valence-corrected chi connectivity index (χ3v) is 6.94. The number of hydrogen-bond acceptors (Lipinski definition) is 8. The maximum atomic E-state index is 15.1. The van der Waals surface area contributed by atoms with Gasteiger partial charge in [-0.15, -0.1) is 0 Å². The molecule has 5 rings (SSSR count). The molecule has 3 heterocycles. The van der Waals surface area contributed by atoms with E-state index in [9.17, 15) is 9.59 Å². The van der Waals surface area contributed by atoms with Gasteiger partial charge in [0, 0.05) is 62.8 Å². The largest absolute Gasteiger partial charge is 0.395 e. The summed E-state index contributed by atoms with van der Waals surface area (Å²) in [5, 5.41) is 14.9. The lowest BCUT2D eigenvalue weighted by Crippen LogP contribution is -2.47. The first-order valence-corrected chi connectivity index (χ1v) is 12.9. The summed E-state index contributed by atoms with van der Waals surface area (Å²) < 4.78 is 16.6. The van der Waals surface area contributed by atoms with Crippen LogP contribution in [0.4, 0.5) is 27.4 Å². The van der Waals surface area contributed by atoms with Crippen LogP contribution < -0.4 is 21.1 Å². The monoisotopic (exact) mass is 543 g/mol. The summed E-state index contributed by atoms with van der Waals surface area (Å²) in [7, 11) is 1.64. The lowest BCUT2D eigenvalue weighted by atomic mass is 10.0. The minimum Gasteiger partial charge on any atom is -0.395 e. The molecule has 0 bridgehead atoms. The first kappa shape index (κ1) is 27.0. The van der Waals surface area contributed by atoms with E-state index in [0.717, 1.165) is 13.1 Å². The molecule has 0 unspecified atom stereocenters. The van der Waals surface area contributed by atoms with Gasteiger partial charge in [-0.1, -0.05) is 18.7 Å². The van der Waals surface area contributed by atoms with Gasteiger partial charge in [0.1, 0.15) is 11.3 Å². The maximum absolute atomic E-state index is 15.1. The zero-order valence-corrected chi connectivity index (χ0v) is 22.1. The van der Waals surface area contributed by atoms with Crippen LogP contribution in [-0.2, 0) is 11.8 Å². The summed E-state index contributed by atoms with van der Waals surface area (Å²) in [6, 6.07) is 13.5. The van der Waals surface area contributed by atoms with Crippen molar-refractivity contribution in [2.75, 3.05) is 54.9 Å². The molecule has 1 fully saturated rings. The van der Waals surface area contributed by atoms with Crippen molar-refractivity contribution in [3.63, 3.8) is 0 Å². The van der Waals surface area contributed by atoms with E-state index in [1.165, 1.54) is 22.8 Å². The molecule has 40 heavy (non-hydrogen) atoms. The number of aryl methyl sites for hydroxylation is 1. The minimum absolute atomic E-state index is 0.115.